The summed E-state index contributed by atoms with van der Waals surface area (Å²) in [5.74, 6) is -0.301. The van der Waals surface area contributed by atoms with E-state index in [0.717, 1.165) is 6.42 Å². The van der Waals surface area contributed by atoms with E-state index in [2.05, 4.69) is 22.4 Å². The Morgan fingerprint density at radius 2 is 2.55 bits per heavy atom. The first-order valence-corrected chi connectivity index (χ1v) is 3.88. The van der Waals surface area contributed by atoms with Gasteiger partial charge in [0.05, 0.1) is 23.8 Å². The average Bonchev–Trinajstić information content (AvgIpc) is 2.36. The number of carbonyl (C=O) groups is 1. The SMILES string of the molecule is CC1CC(C(=O)N=C=S)CO1. The lowest BCUT2D eigenvalue weighted by Crippen LogP contribution is -2.11. The maximum absolute atomic E-state index is 11.0. The van der Waals surface area contributed by atoms with E-state index in [1.54, 1.807) is 0 Å². The standard InChI is InChI=1S/C7H9NO2S/c1-5-2-6(3-10-5)7(9)8-4-11/h5-6H,2-3H2,1H3. The summed E-state index contributed by atoms with van der Waals surface area (Å²) in [4.78, 5) is 14.4. The molecule has 0 aliphatic carbocycles. The van der Waals surface area contributed by atoms with Gasteiger partial charge in [-0.15, -0.1) is 0 Å². The molecule has 3 nitrogen and oxygen atoms in total. The van der Waals surface area contributed by atoms with Gasteiger partial charge in [-0.1, -0.05) is 0 Å². The number of hydrogen-bond acceptors (Lipinski definition) is 3. The second kappa shape index (κ2) is 3.72. The highest BCUT2D eigenvalue weighted by atomic mass is 32.1. The van der Waals surface area contributed by atoms with E-state index in [4.69, 9.17) is 4.74 Å². The Balaban J connectivity index is 2.49. The van der Waals surface area contributed by atoms with Gasteiger partial charge < -0.3 is 4.74 Å². The van der Waals surface area contributed by atoms with E-state index >= 15 is 0 Å². The Kier molecular flexibility index (Phi) is 2.88. The zero-order valence-corrected chi connectivity index (χ0v) is 7.06. The molecule has 0 N–H and O–H groups in total. The summed E-state index contributed by atoms with van der Waals surface area (Å²) in [5, 5.41) is 2.06. The van der Waals surface area contributed by atoms with Crippen LogP contribution in [0.4, 0.5) is 0 Å². The molecule has 0 aromatic carbocycles. The minimum atomic E-state index is -0.204. The number of aliphatic imine (C=N–C) groups is 1. The number of isothiocyanates is 1. The number of thiocarbonyl (C=S) groups is 1. The predicted octanol–water partition coefficient (Wildman–Crippen LogP) is 1.04. The molecule has 1 fully saturated rings. The van der Waals surface area contributed by atoms with Crippen LogP contribution in [-0.2, 0) is 9.53 Å². The molecule has 1 amide bonds. The van der Waals surface area contributed by atoms with Gasteiger partial charge in [0, 0.05) is 0 Å². The Bertz CT molecular complexity index is 210. The average molecular weight is 171 g/mol. The van der Waals surface area contributed by atoms with Crippen molar-refractivity contribution in [1.82, 2.24) is 0 Å². The van der Waals surface area contributed by atoms with Crippen LogP contribution in [0.25, 0.3) is 0 Å². The van der Waals surface area contributed by atoms with Crippen molar-refractivity contribution >= 4 is 23.3 Å². The number of amides is 1. The summed E-state index contributed by atoms with van der Waals surface area (Å²) >= 11 is 4.31. The molecule has 1 heterocycles. The van der Waals surface area contributed by atoms with E-state index in [-0.39, 0.29) is 17.9 Å². The molecule has 2 atom stereocenters. The number of ether oxygens (including phenoxy) is 1. The Morgan fingerprint density at radius 1 is 1.82 bits per heavy atom. The second-order valence-corrected chi connectivity index (χ2v) is 2.80. The summed E-state index contributed by atoms with van der Waals surface area (Å²) in [6.07, 6.45) is 0.920. The van der Waals surface area contributed by atoms with Crippen LogP contribution in [0.1, 0.15) is 13.3 Å². The molecule has 0 aromatic rings. The van der Waals surface area contributed by atoms with Crippen molar-refractivity contribution in [2.75, 3.05) is 6.61 Å². The molecule has 0 saturated carbocycles. The number of rotatable bonds is 1. The third-order valence-electron chi connectivity index (χ3n) is 1.70. The maximum atomic E-state index is 11.0. The van der Waals surface area contributed by atoms with Crippen molar-refractivity contribution in [2.45, 2.75) is 19.4 Å². The fourth-order valence-electron chi connectivity index (χ4n) is 1.13. The highest BCUT2D eigenvalue weighted by molar-refractivity contribution is 7.78. The first kappa shape index (κ1) is 8.53. The van der Waals surface area contributed by atoms with Gasteiger partial charge in [0.15, 0.2) is 0 Å². The number of carbonyl (C=O) groups excluding carboxylic acids is 1. The smallest absolute Gasteiger partial charge is 0.260 e. The van der Waals surface area contributed by atoms with Crippen molar-refractivity contribution in [3.05, 3.63) is 0 Å². The third kappa shape index (κ3) is 2.19. The molecule has 0 radical (unpaired) electrons. The van der Waals surface area contributed by atoms with E-state index in [1.807, 2.05) is 6.92 Å². The van der Waals surface area contributed by atoms with Crippen LogP contribution in [0.3, 0.4) is 0 Å². The summed E-state index contributed by atoms with van der Waals surface area (Å²) in [6.45, 7) is 2.41. The molecule has 60 valence electrons. The first-order chi connectivity index (χ1) is 5.24. The highest BCUT2D eigenvalue weighted by Gasteiger charge is 2.27. The molecule has 0 aromatic heterocycles. The number of nitrogens with zero attached hydrogens (tertiary/aromatic N) is 1. The van der Waals surface area contributed by atoms with Gasteiger partial charge in [-0.2, -0.15) is 4.99 Å². The summed E-state index contributed by atoms with van der Waals surface area (Å²) in [5.41, 5.74) is 0. The predicted molar refractivity (Wildman–Crippen MR) is 43.6 cm³/mol. The van der Waals surface area contributed by atoms with Crippen molar-refractivity contribution in [2.24, 2.45) is 10.9 Å². The van der Waals surface area contributed by atoms with E-state index < -0.39 is 0 Å². The lowest BCUT2D eigenvalue weighted by Gasteiger charge is -1.97. The van der Waals surface area contributed by atoms with Crippen LogP contribution in [0.2, 0.25) is 0 Å². The summed E-state index contributed by atoms with van der Waals surface area (Å²) in [6, 6.07) is 0. The Morgan fingerprint density at radius 3 is 3.00 bits per heavy atom. The molecule has 1 rings (SSSR count). The Labute approximate surface area is 70.5 Å². The molecule has 0 spiro atoms. The van der Waals surface area contributed by atoms with Crippen LogP contribution in [0.5, 0.6) is 0 Å². The van der Waals surface area contributed by atoms with Gasteiger partial charge in [-0.05, 0) is 25.6 Å². The molecule has 11 heavy (non-hydrogen) atoms. The van der Waals surface area contributed by atoms with Crippen molar-refractivity contribution in [3.8, 4) is 0 Å². The lowest BCUT2D eigenvalue weighted by molar-refractivity contribution is -0.121. The van der Waals surface area contributed by atoms with E-state index in [1.165, 1.54) is 0 Å². The topological polar surface area (TPSA) is 38.7 Å². The van der Waals surface area contributed by atoms with Crippen LogP contribution in [-0.4, -0.2) is 23.8 Å². The van der Waals surface area contributed by atoms with Gasteiger partial charge in [-0.25, -0.2) is 0 Å². The van der Waals surface area contributed by atoms with Crippen LogP contribution >= 0.6 is 12.2 Å². The van der Waals surface area contributed by atoms with Gasteiger partial charge in [0.2, 0.25) is 0 Å². The Hall–Kier alpha value is -0.570. The van der Waals surface area contributed by atoms with E-state index in [0.29, 0.717) is 6.61 Å². The van der Waals surface area contributed by atoms with Crippen LogP contribution in [0.15, 0.2) is 4.99 Å². The fourth-order valence-corrected chi connectivity index (χ4v) is 1.22. The van der Waals surface area contributed by atoms with Crippen molar-refractivity contribution in [3.63, 3.8) is 0 Å². The molecular formula is C7H9NO2S. The first-order valence-electron chi connectivity index (χ1n) is 3.47. The normalized spacial score (nSPS) is 29.5. The summed E-state index contributed by atoms with van der Waals surface area (Å²) in [7, 11) is 0. The van der Waals surface area contributed by atoms with Crippen molar-refractivity contribution in [1.29, 1.82) is 0 Å². The minimum Gasteiger partial charge on any atom is -0.378 e. The summed E-state index contributed by atoms with van der Waals surface area (Å²) < 4.78 is 5.19. The van der Waals surface area contributed by atoms with Crippen LogP contribution in [0, 0.1) is 5.92 Å². The third-order valence-corrected chi connectivity index (χ3v) is 1.79. The largest absolute Gasteiger partial charge is 0.378 e. The van der Waals surface area contributed by atoms with Gasteiger partial charge in [-0.3, -0.25) is 4.79 Å². The lowest BCUT2D eigenvalue weighted by atomic mass is 10.1. The van der Waals surface area contributed by atoms with Crippen LogP contribution < -0.4 is 0 Å². The maximum Gasteiger partial charge on any atom is 0.260 e. The quantitative estimate of drug-likeness (QED) is 0.437. The minimum absolute atomic E-state index is 0.0968. The fraction of sp³-hybridized carbons (Fsp3) is 0.714. The molecular weight excluding hydrogens is 162 g/mol. The number of hydrogen-bond donors (Lipinski definition) is 0. The van der Waals surface area contributed by atoms with Gasteiger partial charge in [0.25, 0.3) is 5.91 Å². The molecule has 4 heteroatoms. The van der Waals surface area contributed by atoms with Crippen molar-refractivity contribution < 1.29 is 9.53 Å². The van der Waals surface area contributed by atoms with E-state index in [9.17, 15) is 4.79 Å². The zero-order chi connectivity index (χ0) is 8.27. The highest BCUT2D eigenvalue weighted by Crippen LogP contribution is 2.19. The molecule has 0 bridgehead atoms. The molecule has 1 aliphatic rings. The molecule has 1 saturated heterocycles. The van der Waals surface area contributed by atoms with Gasteiger partial charge >= 0.3 is 0 Å². The molecule has 2 unspecified atom stereocenters. The second-order valence-electron chi connectivity index (χ2n) is 2.62. The zero-order valence-electron chi connectivity index (χ0n) is 6.24. The monoisotopic (exact) mass is 171 g/mol. The van der Waals surface area contributed by atoms with Gasteiger partial charge in [0.1, 0.15) is 0 Å². The molecule has 1 aliphatic heterocycles.